The average Bonchev–Trinajstić information content (AvgIpc) is 2.41. The van der Waals surface area contributed by atoms with Crippen molar-refractivity contribution in [3.8, 4) is 0 Å². The van der Waals surface area contributed by atoms with Crippen LogP contribution in [0.1, 0.15) is 11.1 Å². The zero-order valence-corrected chi connectivity index (χ0v) is 11.3. The van der Waals surface area contributed by atoms with Crippen molar-refractivity contribution in [2.45, 2.75) is 4.75 Å². The average molecular weight is 274 g/mol. The third-order valence-electron chi connectivity index (χ3n) is 3.09. The van der Waals surface area contributed by atoms with Crippen molar-refractivity contribution in [3.63, 3.8) is 0 Å². The third-order valence-corrected chi connectivity index (χ3v) is 4.60. The normalized spacial score (nSPS) is 12.9. The van der Waals surface area contributed by atoms with Gasteiger partial charge in [-0.1, -0.05) is 60.7 Å². The second kappa shape index (κ2) is 5.36. The highest BCUT2D eigenvalue weighted by atomic mass is 32.2. The summed E-state index contributed by atoms with van der Waals surface area (Å²) in [6.07, 6.45) is 1.42. The highest BCUT2D eigenvalue weighted by Crippen LogP contribution is 2.35. The summed E-state index contributed by atoms with van der Waals surface area (Å²) in [4.78, 5) is 11.9. The van der Waals surface area contributed by atoms with Crippen molar-refractivity contribution in [3.05, 3.63) is 71.8 Å². The molecule has 0 fully saturated rings. The topological polar surface area (TPSA) is 54.4 Å². The molecular weight excluding hydrogens is 260 g/mol. The highest BCUT2D eigenvalue weighted by Gasteiger charge is 2.46. The van der Waals surface area contributed by atoms with Crippen molar-refractivity contribution in [1.82, 2.24) is 0 Å². The molecule has 0 bridgehead atoms. The number of carbonyl (C=O) groups is 1. The van der Waals surface area contributed by atoms with Crippen LogP contribution in [0.15, 0.2) is 60.7 Å². The van der Waals surface area contributed by atoms with Crippen molar-refractivity contribution < 1.29 is 14.1 Å². The second-order valence-electron chi connectivity index (χ2n) is 4.17. The molecule has 0 aliphatic carbocycles. The molecule has 19 heavy (non-hydrogen) atoms. The largest absolute Gasteiger partial charge is 0.480 e. The minimum Gasteiger partial charge on any atom is -0.480 e. The Labute approximate surface area is 114 Å². The van der Waals surface area contributed by atoms with Crippen LogP contribution in [-0.4, -0.2) is 21.5 Å². The fourth-order valence-electron chi connectivity index (χ4n) is 2.21. The Kier molecular flexibility index (Phi) is 3.81. The second-order valence-corrected chi connectivity index (χ2v) is 5.69. The van der Waals surface area contributed by atoms with E-state index >= 15 is 0 Å². The van der Waals surface area contributed by atoms with E-state index in [-0.39, 0.29) is 0 Å². The lowest BCUT2D eigenvalue weighted by atomic mass is 9.90. The molecule has 2 aromatic carbocycles. The third kappa shape index (κ3) is 2.19. The molecule has 0 aliphatic heterocycles. The van der Waals surface area contributed by atoms with Crippen LogP contribution in [0.25, 0.3) is 0 Å². The molecule has 0 saturated heterocycles. The number of benzene rings is 2. The number of hydrogen-bond acceptors (Lipinski definition) is 2. The Balaban J connectivity index is 2.77. The number of hydrogen-bond donors (Lipinski definition) is 1. The van der Waals surface area contributed by atoms with E-state index in [2.05, 4.69) is 0 Å². The SMILES string of the molecule is C[S@](=O)C(C(=O)O)(c1ccccc1)c1ccccc1. The van der Waals surface area contributed by atoms with Crippen LogP contribution in [-0.2, 0) is 20.3 Å². The molecule has 3 nitrogen and oxygen atoms in total. The van der Waals surface area contributed by atoms with Gasteiger partial charge in [0.1, 0.15) is 0 Å². The van der Waals surface area contributed by atoms with Gasteiger partial charge in [-0.15, -0.1) is 0 Å². The number of rotatable bonds is 4. The smallest absolute Gasteiger partial charge is 0.331 e. The Morgan fingerprint density at radius 2 is 1.32 bits per heavy atom. The van der Waals surface area contributed by atoms with Crippen LogP contribution in [0, 0.1) is 0 Å². The minimum atomic E-state index is -1.59. The molecule has 0 saturated carbocycles. The zero-order valence-electron chi connectivity index (χ0n) is 10.4. The first-order chi connectivity index (χ1) is 9.10. The molecule has 0 amide bonds. The summed E-state index contributed by atoms with van der Waals surface area (Å²) in [5.41, 5.74) is 1.05. The number of aliphatic carboxylic acids is 1. The summed E-state index contributed by atoms with van der Waals surface area (Å²) >= 11 is 0. The molecule has 1 atom stereocenters. The molecule has 0 radical (unpaired) electrons. The predicted molar refractivity (Wildman–Crippen MR) is 75.4 cm³/mol. The molecule has 0 unspecified atom stereocenters. The maximum absolute atomic E-state index is 12.2. The van der Waals surface area contributed by atoms with Crippen LogP contribution in [0.4, 0.5) is 0 Å². The standard InChI is InChI=1S/C15H14O3S/c1-19(18)15(14(16)17,12-8-4-2-5-9-12)13-10-6-3-7-11-13/h2-11H,1H3,(H,16,17)/t19-/m0/s1. The fourth-order valence-corrected chi connectivity index (χ4v) is 3.40. The first-order valence-corrected chi connectivity index (χ1v) is 7.34. The van der Waals surface area contributed by atoms with Crippen LogP contribution in [0.5, 0.6) is 0 Å². The Morgan fingerprint density at radius 1 is 0.947 bits per heavy atom. The van der Waals surface area contributed by atoms with E-state index in [9.17, 15) is 14.1 Å². The van der Waals surface area contributed by atoms with Gasteiger partial charge in [0.2, 0.25) is 0 Å². The maximum Gasteiger partial charge on any atom is 0.331 e. The summed E-state index contributed by atoms with van der Waals surface area (Å²) in [6.45, 7) is 0. The molecule has 98 valence electrons. The number of carboxylic acids is 1. The summed E-state index contributed by atoms with van der Waals surface area (Å²) in [6, 6.07) is 17.4. The molecule has 2 aromatic rings. The molecule has 4 heteroatoms. The summed E-state index contributed by atoms with van der Waals surface area (Å²) in [5.74, 6) is -1.11. The minimum absolute atomic E-state index is 0.523. The van der Waals surface area contributed by atoms with E-state index in [1.54, 1.807) is 60.7 Å². The molecule has 0 heterocycles. The lowest BCUT2D eigenvalue weighted by Crippen LogP contribution is -2.41. The van der Waals surface area contributed by atoms with E-state index < -0.39 is 21.5 Å². The first kappa shape index (κ1) is 13.5. The highest BCUT2D eigenvalue weighted by molar-refractivity contribution is 7.86. The zero-order chi connectivity index (χ0) is 13.9. The quantitative estimate of drug-likeness (QED) is 0.931. The van der Waals surface area contributed by atoms with Gasteiger partial charge >= 0.3 is 5.97 Å². The van der Waals surface area contributed by atoms with E-state index in [0.717, 1.165) is 0 Å². The van der Waals surface area contributed by atoms with Gasteiger partial charge in [-0.25, -0.2) is 4.79 Å². The first-order valence-electron chi connectivity index (χ1n) is 5.78. The molecule has 1 N–H and O–H groups in total. The van der Waals surface area contributed by atoms with E-state index in [1.807, 2.05) is 0 Å². The maximum atomic E-state index is 12.2. The summed E-state index contributed by atoms with van der Waals surface area (Å²) < 4.78 is 10.7. The summed E-state index contributed by atoms with van der Waals surface area (Å²) in [7, 11) is -1.59. The van der Waals surface area contributed by atoms with Crippen molar-refractivity contribution in [2.75, 3.05) is 6.26 Å². The Morgan fingerprint density at radius 3 is 1.58 bits per heavy atom. The van der Waals surface area contributed by atoms with Crippen LogP contribution < -0.4 is 0 Å². The molecule has 2 rings (SSSR count). The Bertz CT molecular complexity index is 538. The van der Waals surface area contributed by atoms with Gasteiger partial charge in [0.05, 0.1) is 0 Å². The van der Waals surface area contributed by atoms with E-state index in [1.165, 1.54) is 6.26 Å². The van der Waals surface area contributed by atoms with Gasteiger partial charge in [-0.05, 0) is 11.1 Å². The van der Waals surface area contributed by atoms with Crippen molar-refractivity contribution >= 4 is 16.8 Å². The van der Waals surface area contributed by atoms with Crippen molar-refractivity contribution in [1.29, 1.82) is 0 Å². The van der Waals surface area contributed by atoms with Gasteiger partial charge in [0.25, 0.3) is 0 Å². The Hall–Kier alpha value is -1.94. The molecule has 0 spiro atoms. The lowest BCUT2D eigenvalue weighted by Gasteiger charge is -2.28. The van der Waals surface area contributed by atoms with Gasteiger partial charge < -0.3 is 5.11 Å². The van der Waals surface area contributed by atoms with Gasteiger partial charge in [0.15, 0.2) is 4.75 Å². The lowest BCUT2D eigenvalue weighted by molar-refractivity contribution is -0.139. The van der Waals surface area contributed by atoms with Gasteiger partial charge in [-0.2, -0.15) is 0 Å². The monoisotopic (exact) mass is 274 g/mol. The predicted octanol–water partition coefficient (Wildman–Crippen LogP) is 2.39. The van der Waals surface area contributed by atoms with E-state index in [4.69, 9.17) is 0 Å². The summed E-state index contributed by atoms with van der Waals surface area (Å²) in [5, 5.41) is 9.71. The van der Waals surface area contributed by atoms with Gasteiger partial charge in [-0.3, -0.25) is 4.21 Å². The van der Waals surface area contributed by atoms with Crippen molar-refractivity contribution in [2.24, 2.45) is 0 Å². The van der Waals surface area contributed by atoms with Crippen LogP contribution in [0.2, 0.25) is 0 Å². The molecule has 0 aliphatic rings. The molecule has 0 aromatic heterocycles. The van der Waals surface area contributed by atoms with E-state index in [0.29, 0.717) is 11.1 Å². The van der Waals surface area contributed by atoms with Gasteiger partial charge in [0, 0.05) is 17.1 Å². The molecular formula is C15H14O3S. The number of carboxylic acid groups (broad SMARTS) is 1. The van der Waals surface area contributed by atoms with Crippen LogP contribution in [0.3, 0.4) is 0 Å². The fraction of sp³-hybridized carbons (Fsp3) is 0.133. The van der Waals surface area contributed by atoms with Crippen LogP contribution >= 0.6 is 0 Å².